The van der Waals surface area contributed by atoms with Crippen LogP contribution in [0.3, 0.4) is 0 Å². The van der Waals surface area contributed by atoms with Crippen LogP contribution in [0.25, 0.3) is 6.08 Å². The predicted molar refractivity (Wildman–Crippen MR) is 140 cm³/mol. The molecule has 1 heterocycles. The van der Waals surface area contributed by atoms with Crippen molar-refractivity contribution < 1.29 is 9.59 Å². The molecule has 4 nitrogen and oxygen atoms in total. The second-order valence-electron chi connectivity index (χ2n) is 11.1. The van der Waals surface area contributed by atoms with Gasteiger partial charge in [0.05, 0.1) is 6.04 Å². The summed E-state index contributed by atoms with van der Waals surface area (Å²) in [5, 5.41) is 3.29. The third-order valence-electron chi connectivity index (χ3n) is 9.15. The van der Waals surface area contributed by atoms with Gasteiger partial charge in [0, 0.05) is 30.8 Å². The van der Waals surface area contributed by atoms with Crippen LogP contribution in [0.1, 0.15) is 89.2 Å². The van der Waals surface area contributed by atoms with E-state index < -0.39 is 0 Å². The number of carbonyl (C=O) groups excluding carboxylic acids is 2. The lowest BCUT2D eigenvalue weighted by Gasteiger charge is -2.41. The molecule has 1 saturated carbocycles. The fourth-order valence-electron chi connectivity index (χ4n) is 6.57. The number of amides is 1. The van der Waals surface area contributed by atoms with Crippen LogP contribution < -0.4 is 5.32 Å². The zero-order valence-corrected chi connectivity index (χ0v) is 21.5. The number of hydrogen-bond donors (Lipinski definition) is 1. The molecule has 3 aliphatic rings. The van der Waals surface area contributed by atoms with Crippen LogP contribution in [-0.2, 0) is 15.0 Å². The smallest absolute Gasteiger partial charge is 0.226 e. The summed E-state index contributed by atoms with van der Waals surface area (Å²) in [5.41, 5.74) is 2.81. The molecule has 0 unspecified atom stereocenters. The summed E-state index contributed by atoms with van der Waals surface area (Å²) in [7, 11) is 1.91. The monoisotopic (exact) mass is 464 g/mol. The van der Waals surface area contributed by atoms with Crippen LogP contribution in [0, 0.1) is 17.8 Å². The van der Waals surface area contributed by atoms with E-state index in [1.54, 1.807) is 0 Å². The standard InChI is InChI=1S/C30H44N2O2/c1-4-22(2)25(21-28(33)27(31-3)20-23-10-6-5-7-11-23)29(34)32-18-16-30(17-19-32)15-14-24-12-8-9-13-26(24)30/h8-9,12-15,22-23,25,27,31H,4-7,10-11,16-21H2,1-3H3/t22-,25-,27-/m0/s1. The quantitative estimate of drug-likeness (QED) is 0.506. The SMILES string of the molecule is CC[C@H](C)[C@H](CC(=O)[C@H](CC1CCCCC1)NC)C(=O)N1CCC2(C=Cc3ccccc32)CC1. The summed E-state index contributed by atoms with van der Waals surface area (Å²) in [4.78, 5) is 29.1. The van der Waals surface area contributed by atoms with E-state index >= 15 is 0 Å². The molecule has 3 atom stereocenters. The molecule has 0 radical (unpaired) electrons. The Morgan fingerprint density at radius 3 is 2.50 bits per heavy atom. The second-order valence-corrected chi connectivity index (χ2v) is 11.1. The number of allylic oxidation sites excluding steroid dienone is 1. The van der Waals surface area contributed by atoms with E-state index in [1.165, 1.54) is 43.2 Å². The Kier molecular flexibility index (Phi) is 8.29. The van der Waals surface area contributed by atoms with Crippen molar-refractivity contribution >= 4 is 17.8 Å². The van der Waals surface area contributed by atoms with E-state index in [-0.39, 0.29) is 35.0 Å². The molecule has 34 heavy (non-hydrogen) atoms. The van der Waals surface area contributed by atoms with Gasteiger partial charge in [0.25, 0.3) is 0 Å². The van der Waals surface area contributed by atoms with E-state index in [0.717, 1.165) is 38.8 Å². The van der Waals surface area contributed by atoms with Gasteiger partial charge in [-0.3, -0.25) is 9.59 Å². The van der Waals surface area contributed by atoms with Crippen molar-refractivity contribution in [1.29, 1.82) is 0 Å². The van der Waals surface area contributed by atoms with Crippen molar-refractivity contribution in [3.63, 3.8) is 0 Å². The number of ketones is 1. The Bertz CT molecular complexity index is 878. The predicted octanol–water partition coefficient (Wildman–Crippen LogP) is 5.75. The Morgan fingerprint density at radius 2 is 1.82 bits per heavy atom. The van der Waals surface area contributed by atoms with Crippen molar-refractivity contribution in [2.24, 2.45) is 17.8 Å². The van der Waals surface area contributed by atoms with Gasteiger partial charge in [0.1, 0.15) is 0 Å². The second kappa shape index (κ2) is 11.2. The Hall–Kier alpha value is -1.94. The Morgan fingerprint density at radius 1 is 1.12 bits per heavy atom. The van der Waals surface area contributed by atoms with Gasteiger partial charge in [-0.1, -0.05) is 88.8 Å². The van der Waals surface area contributed by atoms with Gasteiger partial charge in [-0.05, 0) is 49.3 Å². The third kappa shape index (κ3) is 5.32. The van der Waals surface area contributed by atoms with Crippen molar-refractivity contribution in [3.05, 3.63) is 41.5 Å². The van der Waals surface area contributed by atoms with Gasteiger partial charge < -0.3 is 10.2 Å². The van der Waals surface area contributed by atoms with Crippen LogP contribution >= 0.6 is 0 Å². The molecule has 4 heteroatoms. The van der Waals surface area contributed by atoms with Crippen molar-refractivity contribution in [2.75, 3.05) is 20.1 Å². The molecule has 4 rings (SSSR count). The number of likely N-dealkylation sites (tertiary alicyclic amines) is 1. The van der Waals surface area contributed by atoms with Crippen LogP contribution in [0.5, 0.6) is 0 Å². The lowest BCUT2D eigenvalue weighted by atomic mass is 9.74. The first-order valence-electron chi connectivity index (χ1n) is 13.7. The number of nitrogens with one attached hydrogen (secondary N) is 1. The summed E-state index contributed by atoms with van der Waals surface area (Å²) in [6, 6.07) is 8.54. The van der Waals surface area contributed by atoms with Gasteiger partial charge in [0.15, 0.2) is 5.78 Å². The molecule has 1 N–H and O–H groups in total. The zero-order valence-electron chi connectivity index (χ0n) is 21.5. The summed E-state index contributed by atoms with van der Waals surface area (Å²) >= 11 is 0. The maximum absolute atomic E-state index is 13.7. The van der Waals surface area contributed by atoms with Gasteiger partial charge in [-0.25, -0.2) is 0 Å². The number of Topliss-reactive ketones (excluding diaryl/α,β-unsaturated/α-hetero) is 1. The van der Waals surface area contributed by atoms with E-state index in [2.05, 4.69) is 60.5 Å². The number of hydrogen-bond acceptors (Lipinski definition) is 3. The molecule has 186 valence electrons. The minimum Gasteiger partial charge on any atom is -0.342 e. The van der Waals surface area contributed by atoms with Crippen LogP contribution in [0.2, 0.25) is 0 Å². The average molecular weight is 465 g/mol. The number of fused-ring (bicyclic) bond motifs is 2. The number of piperidine rings is 1. The van der Waals surface area contributed by atoms with Crippen molar-refractivity contribution in [1.82, 2.24) is 10.2 Å². The molecule has 1 aromatic carbocycles. The maximum Gasteiger partial charge on any atom is 0.226 e. The highest BCUT2D eigenvalue weighted by molar-refractivity contribution is 5.90. The highest BCUT2D eigenvalue weighted by atomic mass is 16.2. The molecule has 0 bridgehead atoms. The number of carbonyl (C=O) groups is 2. The van der Waals surface area contributed by atoms with E-state index in [4.69, 9.17) is 0 Å². The Labute approximate surface area is 206 Å². The normalized spacial score (nSPS) is 22.4. The molecule has 2 aliphatic carbocycles. The fourth-order valence-corrected chi connectivity index (χ4v) is 6.57. The number of likely N-dealkylation sites (N-methyl/N-ethyl adjacent to an activating group) is 1. The molecule has 2 fully saturated rings. The summed E-state index contributed by atoms with van der Waals surface area (Å²) in [6.45, 7) is 5.83. The van der Waals surface area contributed by atoms with Crippen LogP contribution in [0.15, 0.2) is 30.3 Å². The van der Waals surface area contributed by atoms with Crippen LogP contribution in [0.4, 0.5) is 0 Å². The highest BCUT2D eigenvalue weighted by Crippen LogP contribution is 2.44. The van der Waals surface area contributed by atoms with Crippen molar-refractivity contribution in [3.8, 4) is 0 Å². The highest BCUT2D eigenvalue weighted by Gasteiger charge is 2.41. The number of nitrogens with zero attached hydrogens (tertiary/aromatic N) is 1. The lowest BCUT2D eigenvalue weighted by molar-refractivity contribution is -0.141. The molecule has 1 aromatic rings. The largest absolute Gasteiger partial charge is 0.342 e. The lowest BCUT2D eigenvalue weighted by Crippen LogP contribution is -2.48. The maximum atomic E-state index is 13.7. The van der Waals surface area contributed by atoms with Gasteiger partial charge in [-0.15, -0.1) is 0 Å². The fraction of sp³-hybridized carbons (Fsp3) is 0.667. The van der Waals surface area contributed by atoms with Gasteiger partial charge >= 0.3 is 0 Å². The first-order valence-corrected chi connectivity index (χ1v) is 13.7. The summed E-state index contributed by atoms with van der Waals surface area (Å²) in [5.74, 6) is 1.08. The minimum absolute atomic E-state index is 0.0757. The molecular formula is C30H44N2O2. The minimum atomic E-state index is -0.208. The number of rotatable bonds is 9. The van der Waals surface area contributed by atoms with Gasteiger partial charge in [-0.2, -0.15) is 0 Å². The first kappa shape index (κ1) is 25.2. The van der Waals surface area contributed by atoms with Crippen molar-refractivity contribution in [2.45, 2.75) is 89.5 Å². The molecule has 1 aliphatic heterocycles. The topological polar surface area (TPSA) is 49.4 Å². The van der Waals surface area contributed by atoms with E-state index in [0.29, 0.717) is 12.3 Å². The third-order valence-corrected chi connectivity index (χ3v) is 9.15. The molecular weight excluding hydrogens is 420 g/mol. The molecule has 1 saturated heterocycles. The first-order chi connectivity index (χ1) is 16.5. The molecule has 1 amide bonds. The van der Waals surface area contributed by atoms with E-state index in [1.807, 2.05) is 7.05 Å². The average Bonchev–Trinajstić information content (AvgIpc) is 3.23. The Balaban J connectivity index is 1.39. The number of benzene rings is 1. The van der Waals surface area contributed by atoms with Gasteiger partial charge in [0.2, 0.25) is 5.91 Å². The van der Waals surface area contributed by atoms with E-state index in [9.17, 15) is 9.59 Å². The zero-order chi connectivity index (χ0) is 24.1. The van der Waals surface area contributed by atoms with Crippen LogP contribution in [-0.4, -0.2) is 42.8 Å². The summed E-state index contributed by atoms with van der Waals surface area (Å²) < 4.78 is 0. The molecule has 0 aromatic heterocycles. The summed E-state index contributed by atoms with van der Waals surface area (Å²) in [6.07, 6.45) is 15.2. The molecule has 1 spiro atoms.